The molecule has 0 aliphatic rings. The predicted octanol–water partition coefficient (Wildman–Crippen LogP) is 2.51. The van der Waals surface area contributed by atoms with E-state index in [1.807, 2.05) is 6.07 Å². The normalized spacial score (nSPS) is 9.73. The molecule has 0 aliphatic carbocycles. The van der Waals surface area contributed by atoms with Crippen LogP contribution in [0.2, 0.25) is 0 Å². The van der Waals surface area contributed by atoms with Crippen LogP contribution in [0.1, 0.15) is 19.4 Å². The lowest BCUT2D eigenvalue weighted by Gasteiger charge is -2.21. The summed E-state index contributed by atoms with van der Waals surface area (Å²) in [5, 5.41) is 14.3. The topological polar surface area (TPSA) is 102 Å². The van der Waals surface area contributed by atoms with Crippen LogP contribution in [0.3, 0.4) is 0 Å². The Morgan fingerprint density at radius 2 is 1.62 bits per heavy atom. The third kappa shape index (κ3) is 5.18. The van der Waals surface area contributed by atoms with Crippen LogP contribution >= 0.6 is 0 Å². The van der Waals surface area contributed by atoms with Crippen molar-refractivity contribution in [1.29, 1.82) is 5.26 Å². The number of nitrogens with one attached hydrogen (secondary N) is 2. The van der Waals surface area contributed by atoms with Crippen LogP contribution in [0.25, 0.3) is 0 Å². The second-order valence-electron chi connectivity index (χ2n) is 5.57. The first-order chi connectivity index (χ1) is 12.4. The van der Waals surface area contributed by atoms with E-state index in [9.17, 15) is 14.4 Å². The second kappa shape index (κ2) is 8.44. The molecule has 0 atom stereocenters. The molecule has 0 unspecified atom stereocenters. The number of anilines is 3. The first-order valence-corrected chi connectivity index (χ1v) is 7.85. The molecule has 7 heteroatoms. The Balaban J connectivity index is 2.07. The zero-order chi connectivity index (χ0) is 19.1. The molecule has 2 N–H and O–H groups in total. The number of amides is 3. The standard InChI is InChI=1S/C19H18N4O3/c1-13(24)21-16-6-8-17(9-7-16)22-19(26)12-23(14(2)25)18-5-3-4-15(10-18)11-20/h3-10H,12H2,1-2H3,(H,21,24)(H,22,26). The number of nitriles is 1. The van der Waals surface area contributed by atoms with Gasteiger partial charge >= 0.3 is 0 Å². The van der Waals surface area contributed by atoms with Crippen LogP contribution in [0.15, 0.2) is 48.5 Å². The van der Waals surface area contributed by atoms with Crippen molar-refractivity contribution in [1.82, 2.24) is 0 Å². The van der Waals surface area contributed by atoms with Crippen molar-refractivity contribution in [3.63, 3.8) is 0 Å². The Bertz CT molecular complexity index is 869. The molecule has 3 amide bonds. The van der Waals surface area contributed by atoms with E-state index in [1.54, 1.807) is 48.5 Å². The number of nitrogens with zero attached hydrogens (tertiary/aromatic N) is 2. The molecule has 0 spiro atoms. The molecular weight excluding hydrogens is 332 g/mol. The number of hydrogen-bond acceptors (Lipinski definition) is 4. The maximum absolute atomic E-state index is 12.3. The third-order valence-corrected chi connectivity index (χ3v) is 3.46. The zero-order valence-corrected chi connectivity index (χ0v) is 14.4. The summed E-state index contributed by atoms with van der Waals surface area (Å²) >= 11 is 0. The minimum Gasteiger partial charge on any atom is -0.326 e. The number of benzene rings is 2. The van der Waals surface area contributed by atoms with E-state index in [0.29, 0.717) is 22.6 Å². The Hall–Kier alpha value is -3.66. The molecule has 2 aromatic rings. The van der Waals surface area contributed by atoms with Gasteiger partial charge < -0.3 is 15.5 Å². The molecule has 7 nitrogen and oxygen atoms in total. The summed E-state index contributed by atoms with van der Waals surface area (Å²) in [7, 11) is 0. The van der Waals surface area contributed by atoms with Crippen molar-refractivity contribution in [2.45, 2.75) is 13.8 Å². The van der Waals surface area contributed by atoms with Crippen LogP contribution in [-0.4, -0.2) is 24.3 Å². The number of carbonyl (C=O) groups excluding carboxylic acids is 3. The van der Waals surface area contributed by atoms with E-state index >= 15 is 0 Å². The lowest BCUT2D eigenvalue weighted by molar-refractivity contribution is -0.120. The van der Waals surface area contributed by atoms with Crippen molar-refractivity contribution in [3.05, 3.63) is 54.1 Å². The molecule has 0 fully saturated rings. The molecular formula is C19H18N4O3. The molecule has 132 valence electrons. The van der Waals surface area contributed by atoms with Gasteiger partial charge in [0.1, 0.15) is 6.54 Å². The van der Waals surface area contributed by atoms with Gasteiger partial charge in [0, 0.05) is 30.9 Å². The molecule has 0 bridgehead atoms. The summed E-state index contributed by atoms with van der Waals surface area (Å²) in [6, 6.07) is 15.1. The van der Waals surface area contributed by atoms with Gasteiger partial charge in [-0.05, 0) is 42.5 Å². The number of carbonyl (C=O) groups is 3. The average Bonchev–Trinajstić information content (AvgIpc) is 2.60. The van der Waals surface area contributed by atoms with Crippen molar-refractivity contribution < 1.29 is 14.4 Å². The Morgan fingerprint density at radius 1 is 1.00 bits per heavy atom. The van der Waals surface area contributed by atoms with E-state index in [-0.39, 0.29) is 24.3 Å². The van der Waals surface area contributed by atoms with Crippen LogP contribution < -0.4 is 15.5 Å². The molecule has 26 heavy (non-hydrogen) atoms. The maximum atomic E-state index is 12.3. The van der Waals surface area contributed by atoms with Crippen LogP contribution in [0.5, 0.6) is 0 Å². The maximum Gasteiger partial charge on any atom is 0.244 e. The lowest BCUT2D eigenvalue weighted by Crippen LogP contribution is -2.36. The van der Waals surface area contributed by atoms with Gasteiger partial charge in [-0.15, -0.1) is 0 Å². The second-order valence-corrected chi connectivity index (χ2v) is 5.57. The average molecular weight is 350 g/mol. The van der Waals surface area contributed by atoms with E-state index < -0.39 is 0 Å². The molecule has 0 saturated heterocycles. The minimum absolute atomic E-state index is 0.182. The molecule has 0 radical (unpaired) electrons. The van der Waals surface area contributed by atoms with Crippen LogP contribution in [0, 0.1) is 11.3 Å². The van der Waals surface area contributed by atoms with Gasteiger partial charge in [-0.2, -0.15) is 5.26 Å². The summed E-state index contributed by atoms with van der Waals surface area (Å²) in [5.74, 6) is -0.871. The van der Waals surface area contributed by atoms with Gasteiger partial charge in [0.15, 0.2) is 0 Å². The zero-order valence-electron chi connectivity index (χ0n) is 14.4. The molecule has 0 aromatic heterocycles. The van der Waals surface area contributed by atoms with Crippen molar-refractivity contribution in [3.8, 4) is 6.07 Å². The highest BCUT2D eigenvalue weighted by molar-refractivity contribution is 6.02. The van der Waals surface area contributed by atoms with E-state index in [1.165, 1.54) is 18.7 Å². The van der Waals surface area contributed by atoms with Crippen molar-refractivity contribution in [2.24, 2.45) is 0 Å². The monoisotopic (exact) mass is 350 g/mol. The molecule has 0 aliphatic heterocycles. The summed E-state index contributed by atoms with van der Waals surface area (Å²) in [6.45, 7) is 2.58. The van der Waals surface area contributed by atoms with Gasteiger partial charge in [-0.1, -0.05) is 6.07 Å². The van der Waals surface area contributed by atoms with Crippen molar-refractivity contribution >= 4 is 34.8 Å². The third-order valence-electron chi connectivity index (χ3n) is 3.46. The van der Waals surface area contributed by atoms with Gasteiger partial charge in [0.05, 0.1) is 11.6 Å². The number of hydrogen-bond donors (Lipinski definition) is 2. The quantitative estimate of drug-likeness (QED) is 0.865. The van der Waals surface area contributed by atoms with Crippen LogP contribution in [0.4, 0.5) is 17.1 Å². The smallest absolute Gasteiger partial charge is 0.244 e. The van der Waals surface area contributed by atoms with Crippen molar-refractivity contribution in [2.75, 3.05) is 22.1 Å². The van der Waals surface area contributed by atoms with Gasteiger partial charge in [-0.25, -0.2) is 0 Å². The SMILES string of the molecule is CC(=O)Nc1ccc(NC(=O)CN(C(C)=O)c2cccc(C#N)c2)cc1. The fraction of sp³-hybridized carbons (Fsp3) is 0.158. The fourth-order valence-corrected chi connectivity index (χ4v) is 2.31. The van der Waals surface area contributed by atoms with Crippen LogP contribution in [-0.2, 0) is 14.4 Å². The molecule has 0 heterocycles. The first kappa shape index (κ1) is 18.7. The predicted molar refractivity (Wildman–Crippen MR) is 98.6 cm³/mol. The summed E-state index contributed by atoms with van der Waals surface area (Å²) < 4.78 is 0. The Labute approximate surface area is 151 Å². The van der Waals surface area contributed by atoms with Gasteiger partial charge in [0.2, 0.25) is 17.7 Å². The Morgan fingerprint density at radius 3 is 2.15 bits per heavy atom. The highest BCUT2D eigenvalue weighted by Gasteiger charge is 2.16. The van der Waals surface area contributed by atoms with Gasteiger partial charge in [0.25, 0.3) is 0 Å². The Kier molecular flexibility index (Phi) is 6.06. The minimum atomic E-state index is -0.380. The molecule has 2 rings (SSSR count). The van der Waals surface area contributed by atoms with E-state index in [0.717, 1.165) is 0 Å². The molecule has 2 aromatic carbocycles. The lowest BCUT2D eigenvalue weighted by atomic mass is 10.2. The summed E-state index contributed by atoms with van der Waals surface area (Å²) in [5.41, 5.74) is 2.04. The molecule has 0 saturated carbocycles. The highest BCUT2D eigenvalue weighted by Crippen LogP contribution is 2.17. The summed E-state index contributed by atoms with van der Waals surface area (Å²) in [4.78, 5) is 36.5. The largest absolute Gasteiger partial charge is 0.326 e. The highest BCUT2D eigenvalue weighted by atomic mass is 16.2. The first-order valence-electron chi connectivity index (χ1n) is 7.85. The fourth-order valence-electron chi connectivity index (χ4n) is 2.31. The number of rotatable bonds is 5. The van der Waals surface area contributed by atoms with E-state index in [2.05, 4.69) is 10.6 Å². The summed E-state index contributed by atoms with van der Waals surface area (Å²) in [6.07, 6.45) is 0. The van der Waals surface area contributed by atoms with Gasteiger partial charge in [-0.3, -0.25) is 14.4 Å². The van der Waals surface area contributed by atoms with E-state index in [4.69, 9.17) is 5.26 Å².